The van der Waals surface area contributed by atoms with E-state index in [0.717, 1.165) is 19.4 Å². The van der Waals surface area contributed by atoms with Crippen LogP contribution in [0.2, 0.25) is 0 Å². The molecule has 0 aromatic rings. The molecule has 1 fully saturated rings. The molecule has 1 rings (SSSR count). The fraction of sp³-hybridized carbons (Fsp3) is 1.00. The van der Waals surface area contributed by atoms with Gasteiger partial charge in [-0.05, 0) is 19.3 Å². The van der Waals surface area contributed by atoms with Crippen LogP contribution in [0.1, 0.15) is 26.2 Å². The Balaban J connectivity index is 2.30. The van der Waals surface area contributed by atoms with Crippen molar-refractivity contribution in [3.63, 3.8) is 0 Å². The van der Waals surface area contributed by atoms with Crippen LogP contribution in [-0.4, -0.2) is 22.9 Å². The third-order valence-corrected chi connectivity index (χ3v) is 1.82. The Hall–Kier alpha value is -0.0800. The van der Waals surface area contributed by atoms with Gasteiger partial charge in [-0.1, -0.05) is 6.92 Å². The van der Waals surface area contributed by atoms with Gasteiger partial charge in [-0.3, -0.25) is 0 Å². The zero-order chi connectivity index (χ0) is 5.98. The highest BCUT2D eigenvalue weighted by atomic mass is 16.5. The molecule has 0 bridgehead atoms. The van der Waals surface area contributed by atoms with E-state index in [1.807, 2.05) is 0 Å². The Morgan fingerprint density at radius 1 is 1.75 bits per heavy atom. The fourth-order valence-electron chi connectivity index (χ4n) is 1.24. The molecule has 1 unspecified atom stereocenters. The van der Waals surface area contributed by atoms with Crippen LogP contribution >= 0.6 is 0 Å². The largest absolute Gasteiger partial charge is 0.314 e. The summed E-state index contributed by atoms with van der Waals surface area (Å²) in [6.07, 6.45) is 3.42. The molecule has 0 aliphatic carbocycles. The lowest BCUT2D eigenvalue weighted by atomic mass is 10.2. The highest BCUT2D eigenvalue weighted by molar-refractivity contribution is 4.70. The molecule has 0 amide bonds. The molecular weight excluding hydrogens is 102 g/mol. The van der Waals surface area contributed by atoms with Crippen LogP contribution in [0, 0.1) is 0 Å². The van der Waals surface area contributed by atoms with Crippen molar-refractivity contribution in [1.29, 1.82) is 0 Å². The number of hydroxylamine groups is 2. The molecule has 1 heterocycles. The Morgan fingerprint density at radius 2 is 2.50 bits per heavy atom. The van der Waals surface area contributed by atoms with E-state index in [4.69, 9.17) is 5.21 Å². The van der Waals surface area contributed by atoms with Crippen LogP contribution in [0.15, 0.2) is 0 Å². The minimum Gasteiger partial charge on any atom is -0.314 e. The summed E-state index contributed by atoms with van der Waals surface area (Å²) in [7, 11) is 0. The Morgan fingerprint density at radius 3 is 2.75 bits per heavy atom. The summed E-state index contributed by atoms with van der Waals surface area (Å²) in [5, 5.41) is 10.5. The Kier molecular flexibility index (Phi) is 1.86. The van der Waals surface area contributed by atoms with Crippen molar-refractivity contribution in [2.75, 3.05) is 6.54 Å². The molecule has 0 aromatic carbocycles. The van der Waals surface area contributed by atoms with E-state index < -0.39 is 0 Å². The monoisotopic (exact) mass is 115 g/mol. The Bertz CT molecular complexity index is 74.9. The van der Waals surface area contributed by atoms with E-state index in [1.54, 1.807) is 0 Å². The molecule has 2 heteroatoms. The number of nitrogens with zero attached hydrogens (tertiary/aromatic N) is 1. The molecule has 0 aromatic heterocycles. The average molecular weight is 115 g/mol. The maximum absolute atomic E-state index is 9.02. The predicted octanol–water partition coefficient (Wildman–Crippen LogP) is 1.25. The first-order chi connectivity index (χ1) is 3.84. The molecule has 0 spiro atoms. The number of rotatable bonds is 1. The third kappa shape index (κ3) is 1.01. The van der Waals surface area contributed by atoms with E-state index in [0.29, 0.717) is 6.04 Å². The zero-order valence-electron chi connectivity index (χ0n) is 5.30. The van der Waals surface area contributed by atoms with Crippen LogP contribution in [0.25, 0.3) is 0 Å². The first-order valence-electron chi connectivity index (χ1n) is 3.30. The van der Waals surface area contributed by atoms with Gasteiger partial charge in [0.05, 0.1) is 0 Å². The predicted molar refractivity (Wildman–Crippen MR) is 31.8 cm³/mol. The molecule has 0 saturated carbocycles. The van der Waals surface area contributed by atoms with Gasteiger partial charge in [-0.2, -0.15) is 5.06 Å². The minimum atomic E-state index is 0.454. The van der Waals surface area contributed by atoms with Crippen molar-refractivity contribution < 1.29 is 5.21 Å². The number of hydrogen-bond acceptors (Lipinski definition) is 2. The van der Waals surface area contributed by atoms with Crippen molar-refractivity contribution in [2.24, 2.45) is 0 Å². The lowest BCUT2D eigenvalue weighted by Gasteiger charge is -2.13. The van der Waals surface area contributed by atoms with Crippen LogP contribution in [0.4, 0.5) is 0 Å². The van der Waals surface area contributed by atoms with Gasteiger partial charge in [0.1, 0.15) is 0 Å². The van der Waals surface area contributed by atoms with E-state index in [-0.39, 0.29) is 0 Å². The maximum Gasteiger partial charge on any atom is 0.0348 e. The van der Waals surface area contributed by atoms with E-state index in [9.17, 15) is 0 Å². The van der Waals surface area contributed by atoms with E-state index in [1.165, 1.54) is 11.5 Å². The standard InChI is InChI=1S/C6H13NO/c1-2-6-4-3-5-7(6)8/h6,8H,2-5H2,1H3. The molecule has 1 aliphatic heterocycles. The van der Waals surface area contributed by atoms with Gasteiger partial charge in [-0.25, -0.2) is 0 Å². The van der Waals surface area contributed by atoms with Crippen molar-refractivity contribution in [2.45, 2.75) is 32.2 Å². The second-order valence-corrected chi connectivity index (χ2v) is 2.37. The van der Waals surface area contributed by atoms with Gasteiger partial charge in [0, 0.05) is 12.6 Å². The van der Waals surface area contributed by atoms with Crippen LogP contribution in [0.5, 0.6) is 0 Å². The van der Waals surface area contributed by atoms with Gasteiger partial charge in [0.2, 0.25) is 0 Å². The molecule has 1 saturated heterocycles. The fourth-order valence-corrected chi connectivity index (χ4v) is 1.24. The summed E-state index contributed by atoms with van der Waals surface area (Å²) < 4.78 is 0. The molecule has 1 atom stereocenters. The van der Waals surface area contributed by atoms with Crippen LogP contribution in [0.3, 0.4) is 0 Å². The lowest BCUT2D eigenvalue weighted by Crippen LogP contribution is -2.24. The van der Waals surface area contributed by atoms with Gasteiger partial charge in [0.15, 0.2) is 0 Å². The molecule has 1 N–H and O–H groups in total. The van der Waals surface area contributed by atoms with Crippen molar-refractivity contribution in [1.82, 2.24) is 5.06 Å². The van der Waals surface area contributed by atoms with Crippen LogP contribution < -0.4 is 0 Å². The molecular formula is C6H13NO. The minimum absolute atomic E-state index is 0.454. The van der Waals surface area contributed by atoms with Crippen molar-refractivity contribution in [3.05, 3.63) is 0 Å². The topological polar surface area (TPSA) is 23.5 Å². The highest BCUT2D eigenvalue weighted by Gasteiger charge is 2.19. The summed E-state index contributed by atoms with van der Waals surface area (Å²) in [4.78, 5) is 0. The molecule has 2 nitrogen and oxygen atoms in total. The average Bonchev–Trinajstić information content (AvgIpc) is 2.14. The quantitative estimate of drug-likeness (QED) is 0.556. The van der Waals surface area contributed by atoms with Crippen LogP contribution in [-0.2, 0) is 0 Å². The first-order valence-corrected chi connectivity index (χ1v) is 3.30. The lowest BCUT2D eigenvalue weighted by molar-refractivity contribution is -0.103. The molecule has 0 radical (unpaired) electrons. The van der Waals surface area contributed by atoms with Gasteiger partial charge in [-0.15, -0.1) is 0 Å². The van der Waals surface area contributed by atoms with E-state index in [2.05, 4.69) is 6.92 Å². The third-order valence-electron chi connectivity index (χ3n) is 1.82. The SMILES string of the molecule is CCC1CCCN1O. The summed E-state index contributed by atoms with van der Waals surface area (Å²) in [6.45, 7) is 2.98. The second-order valence-electron chi connectivity index (χ2n) is 2.37. The van der Waals surface area contributed by atoms with E-state index >= 15 is 0 Å². The smallest absolute Gasteiger partial charge is 0.0348 e. The Labute approximate surface area is 50.1 Å². The maximum atomic E-state index is 9.02. The summed E-state index contributed by atoms with van der Waals surface area (Å²) >= 11 is 0. The highest BCUT2D eigenvalue weighted by Crippen LogP contribution is 2.16. The van der Waals surface area contributed by atoms with Gasteiger partial charge < -0.3 is 5.21 Å². The van der Waals surface area contributed by atoms with Gasteiger partial charge >= 0.3 is 0 Å². The summed E-state index contributed by atoms with van der Waals surface area (Å²) in [5.41, 5.74) is 0. The normalized spacial score (nSPS) is 31.5. The molecule has 8 heavy (non-hydrogen) atoms. The van der Waals surface area contributed by atoms with Gasteiger partial charge in [0.25, 0.3) is 0 Å². The summed E-state index contributed by atoms with van der Waals surface area (Å²) in [6, 6.07) is 0.454. The molecule has 1 aliphatic rings. The first kappa shape index (κ1) is 6.05. The second kappa shape index (κ2) is 2.46. The molecule has 48 valence electrons. The summed E-state index contributed by atoms with van der Waals surface area (Å²) in [5.74, 6) is 0. The zero-order valence-corrected chi connectivity index (χ0v) is 5.30. The number of hydrogen-bond donors (Lipinski definition) is 1. The van der Waals surface area contributed by atoms with Crippen molar-refractivity contribution >= 4 is 0 Å². The van der Waals surface area contributed by atoms with Crippen molar-refractivity contribution in [3.8, 4) is 0 Å².